The average Bonchev–Trinajstić information content (AvgIpc) is 3.53. The molecule has 0 aromatic carbocycles. The fourth-order valence-corrected chi connectivity index (χ4v) is 3.84. The van der Waals surface area contributed by atoms with Gasteiger partial charge in [0.1, 0.15) is 10.8 Å². The summed E-state index contributed by atoms with van der Waals surface area (Å²) in [6.07, 6.45) is 6.61. The number of rotatable bonds is 7. The van der Waals surface area contributed by atoms with E-state index in [4.69, 9.17) is 11.6 Å². The molecule has 2 heterocycles. The Bertz CT molecular complexity index is 907. The quantitative estimate of drug-likeness (QED) is 0.755. The van der Waals surface area contributed by atoms with E-state index in [1.54, 1.807) is 6.92 Å². The maximum absolute atomic E-state index is 14.2. The zero-order valence-corrected chi connectivity index (χ0v) is 15.7. The van der Waals surface area contributed by atoms with Crippen molar-refractivity contribution in [3.63, 3.8) is 0 Å². The molecule has 0 saturated heterocycles. The van der Waals surface area contributed by atoms with Gasteiger partial charge in [-0.05, 0) is 56.4 Å². The summed E-state index contributed by atoms with van der Waals surface area (Å²) in [6, 6.07) is 0.846. The lowest BCUT2D eigenvalue weighted by Gasteiger charge is -2.14. The zero-order valence-electron chi connectivity index (χ0n) is 14.9. The van der Waals surface area contributed by atoms with Crippen LogP contribution < -0.4 is 10.9 Å². The minimum absolute atomic E-state index is 0.0220. The largest absolute Gasteiger partial charge is 0.321 e. The summed E-state index contributed by atoms with van der Waals surface area (Å²) in [5, 5.41) is 12.5. The van der Waals surface area contributed by atoms with Crippen molar-refractivity contribution in [1.82, 2.24) is 20.0 Å². The maximum Gasteiger partial charge on any atom is 0.269 e. The Hall–Kier alpha value is -2.22. The van der Waals surface area contributed by atoms with Crippen LogP contribution in [0.15, 0.2) is 17.1 Å². The molecular formula is C18H21ClFN5O2. The molecule has 2 aromatic heterocycles. The Morgan fingerprint density at radius 1 is 1.41 bits per heavy atom. The number of anilines is 1. The van der Waals surface area contributed by atoms with Crippen LogP contribution in [0.5, 0.6) is 0 Å². The first kappa shape index (κ1) is 18.2. The van der Waals surface area contributed by atoms with E-state index in [9.17, 15) is 14.0 Å². The molecule has 0 radical (unpaired) electrons. The second kappa shape index (κ2) is 7.07. The first-order valence-electron chi connectivity index (χ1n) is 9.22. The second-order valence-electron chi connectivity index (χ2n) is 7.56. The third-order valence-electron chi connectivity index (χ3n) is 5.49. The SMILES string of the molecule is CC(c1cc(Cl)n[nH]c1=O)n1cc(NC(=O)CC(C2CC2)C2CC2)c(F)n1. The summed E-state index contributed by atoms with van der Waals surface area (Å²) in [5.41, 5.74) is -0.100. The van der Waals surface area contributed by atoms with E-state index in [0.717, 1.165) is 0 Å². The number of hydrogen-bond acceptors (Lipinski definition) is 4. The van der Waals surface area contributed by atoms with Crippen LogP contribution in [0.25, 0.3) is 0 Å². The summed E-state index contributed by atoms with van der Waals surface area (Å²) in [4.78, 5) is 24.3. The fraction of sp³-hybridized carbons (Fsp3) is 0.556. The molecule has 9 heteroatoms. The predicted molar refractivity (Wildman–Crippen MR) is 98.1 cm³/mol. The van der Waals surface area contributed by atoms with E-state index >= 15 is 0 Å². The number of hydrogen-bond donors (Lipinski definition) is 2. The van der Waals surface area contributed by atoms with Crippen molar-refractivity contribution in [2.75, 3.05) is 5.32 Å². The van der Waals surface area contributed by atoms with Gasteiger partial charge in [0, 0.05) is 12.0 Å². The highest BCUT2D eigenvalue weighted by molar-refractivity contribution is 6.29. The molecule has 2 aliphatic carbocycles. The monoisotopic (exact) mass is 393 g/mol. The molecule has 27 heavy (non-hydrogen) atoms. The smallest absolute Gasteiger partial charge is 0.269 e. The Morgan fingerprint density at radius 3 is 2.70 bits per heavy atom. The summed E-state index contributed by atoms with van der Waals surface area (Å²) < 4.78 is 15.5. The van der Waals surface area contributed by atoms with Crippen molar-refractivity contribution in [1.29, 1.82) is 0 Å². The van der Waals surface area contributed by atoms with Crippen molar-refractivity contribution in [2.24, 2.45) is 17.8 Å². The Balaban J connectivity index is 1.47. The zero-order chi connectivity index (χ0) is 19.1. The van der Waals surface area contributed by atoms with Gasteiger partial charge in [-0.3, -0.25) is 14.3 Å². The normalized spacial score (nSPS) is 17.9. The van der Waals surface area contributed by atoms with Gasteiger partial charge < -0.3 is 5.32 Å². The molecule has 0 aliphatic heterocycles. The number of aromatic amines is 1. The number of nitrogens with zero attached hydrogens (tertiary/aromatic N) is 3. The van der Waals surface area contributed by atoms with Gasteiger partial charge in [-0.25, -0.2) is 5.10 Å². The van der Waals surface area contributed by atoms with Gasteiger partial charge in [0.15, 0.2) is 0 Å². The number of aromatic nitrogens is 4. The van der Waals surface area contributed by atoms with Gasteiger partial charge in [-0.2, -0.15) is 9.49 Å². The number of carbonyl (C=O) groups is 1. The van der Waals surface area contributed by atoms with E-state index in [0.29, 0.717) is 29.7 Å². The second-order valence-corrected chi connectivity index (χ2v) is 7.94. The van der Waals surface area contributed by atoms with Crippen molar-refractivity contribution in [3.05, 3.63) is 39.3 Å². The molecule has 0 bridgehead atoms. The van der Waals surface area contributed by atoms with Crippen LogP contribution in [-0.4, -0.2) is 25.9 Å². The predicted octanol–water partition coefficient (Wildman–Crippen LogP) is 3.13. The van der Waals surface area contributed by atoms with Crippen molar-refractivity contribution in [3.8, 4) is 0 Å². The molecule has 1 unspecified atom stereocenters. The van der Waals surface area contributed by atoms with Crippen LogP contribution >= 0.6 is 11.6 Å². The van der Waals surface area contributed by atoms with Gasteiger partial charge in [-0.15, -0.1) is 5.10 Å². The Morgan fingerprint density at radius 2 is 2.07 bits per heavy atom. The van der Waals surface area contributed by atoms with Crippen LogP contribution in [0.2, 0.25) is 5.15 Å². The van der Waals surface area contributed by atoms with Crippen molar-refractivity contribution < 1.29 is 9.18 Å². The van der Waals surface area contributed by atoms with Gasteiger partial charge in [0.05, 0.1) is 12.2 Å². The molecule has 2 fully saturated rings. The number of halogens is 2. The van der Waals surface area contributed by atoms with Crippen LogP contribution in [0.1, 0.15) is 50.6 Å². The minimum atomic E-state index is -0.777. The van der Waals surface area contributed by atoms with E-state index in [1.165, 1.54) is 42.6 Å². The number of carbonyl (C=O) groups excluding carboxylic acids is 1. The first-order valence-corrected chi connectivity index (χ1v) is 9.59. The van der Waals surface area contributed by atoms with E-state index in [2.05, 4.69) is 20.6 Å². The van der Waals surface area contributed by atoms with Gasteiger partial charge >= 0.3 is 0 Å². The van der Waals surface area contributed by atoms with Crippen molar-refractivity contribution in [2.45, 2.75) is 45.1 Å². The van der Waals surface area contributed by atoms with Gasteiger partial charge in [0.25, 0.3) is 11.5 Å². The minimum Gasteiger partial charge on any atom is -0.321 e. The number of H-pyrrole nitrogens is 1. The highest BCUT2D eigenvalue weighted by atomic mass is 35.5. The third-order valence-corrected chi connectivity index (χ3v) is 5.68. The molecule has 1 atom stereocenters. The summed E-state index contributed by atoms with van der Waals surface area (Å²) >= 11 is 5.82. The van der Waals surface area contributed by atoms with Crippen LogP contribution in [0.4, 0.5) is 10.1 Å². The summed E-state index contributed by atoms with van der Waals surface area (Å²) in [7, 11) is 0. The van der Waals surface area contributed by atoms with Gasteiger partial charge in [0.2, 0.25) is 5.91 Å². The van der Waals surface area contributed by atoms with Crippen LogP contribution in [-0.2, 0) is 4.79 Å². The highest BCUT2D eigenvalue weighted by Gasteiger charge is 2.42. The molecule has 2 aliphatic rings. The molecule has 144 valence electrons. The molecule has 1 amide bonds. The standard InChI is InChI=1S/C18H21ClFN5O2/c1-9(12-6-15(19)22-23-18(12)27)25-8-14(17(20)24-25)21-16(26)7-13(10-2-3-10)11-4-5-11/h6,8-11,13H,2-5,7H2,1H3,(H,21,26)(H,23,27). The lowest BCUT2D eigenvalue weighted by Crippen LogP contribution is -2.20. The molecule has 2 saturated carbocycles. The Labute approximate surface area is 160 Å². The summed E-state index contributed by atoms with van der Waals surface area (Å²) in [6.45, 7) is 1.69. The van der Waals surface area contributed by atoms with Crippen LogP contribution in [0.3, 0.4) is 0 Å². The molecule has 7 nitrogen and oxygen atoms in total. The number of nitrogens with one attached hydrogen (secondary N) is 2. The van der Waals surface area contributed by atoms with E-state index in [-0.39, 0.29) is 16.7 Å². The highest BCUT2D eigenvalue weighted by Crippen LogP contribution is 2.50. The Kier molecular flexibility index (Phi) is 4.75. The summed E-state index contributed by atoms with van der Waals surface area (Å²) in [5.74, 6) is 0.758. The fourth-order valence-electron chi connectivity index (χ4n) is 3.68. The molecular weight excluding hydrogens is 373 g/mol. The molecule has 2 N–H and O–H groups in total. The topological polar surface area (TPSA) is 92.7 Å². The van der Waals surface area contributed by atoms with E-state index < -0.39 is 17.5 Å². The number of amides is 1. The third kappa shape index (κ3) is 4.05. The first-order chi connectivity index (χ1) is 12.9. The van der Waals surface area contributed by atoms with E-state index in [1.807, 2.05) is 0 Å². The van der Waals surface area contributed by atoms with Crippen molar-refractivity contribution >= 4 is 23.2 Å². The lowest BCUT2D eigenvalue weighted by molar-refractivity contribution is -0.117. The van der Waals surface area contributed by atoms with Gasteiger partial charge in [-0.1, -0.05) is 11.6 Å². The lowest BCUT2D eigenvalue weighted by atomic mass is 9.94. The van der Waals surface area contributed by atoms with Crippen LogP contribution in [0, 0.1) is 23.7 Å². The molecule has 4 rings (SSSR count). The molecule has 0 spiro atoms. The molecule has 2 aromatic rings. The average molecular weight is 394 g/mol. The maximum atomic E-state index is 14.2.